The first-order valence-electron chi connectivity index (χ1n) is 7.07. The summed E-state index contributed by atoms with van der Waals surface area (Å²) in [7, 11) is 0. The van der Waals surface area contributed by atoms with Gasteiger partial charge in [-0.15, -0.1) is 0 Å². The van der Waals surface area contributed by atoms with Crippen molar-refractivity contribution in [2.75, 3.05) is 11.9 Å². The lowest BCUT2D eigenvalue weighted by Crippen LogP contribution is -2.08. The van der Waals surface area contributed by atoms with E-state index in [1.807, 2.05) is 0 Å². The van der Waals surface area contributed by atoms with Crippen molar-refractivity contribution in [3.05, 3.63) is 29.6 Å². The van der Waals surface area contributed by atoms with Gasteiger partial charge in [0, 0.05) is 6.54 Å². The molecule has 0 aliphatic heterocycles. The smallest absolute Gasteiger partial charge is 0.383 e. The number of nitrogens with one attached hydrogen (secondary N) is 1. The SMILES string of the molecule is Fc1cc(C(F)(F)F)ccc1NCCCC1CCCC1. The van der Waals surface area contributed by atoms with Crippen LogP contribution in [0.15, 0.2) is 18.2 Å². The van der Waals surface area contributed by atoms with E-state index in [1.165, 1.54) is 25.7 Å². The second-order valence-corrected chi connectivity index (χ2v) is 5.41. The fraction of sp³-hybridized carbons (Fsp3) is 0.600. The van der Waals surface area contributed by atoms with Gasteiger partial charge in [-0.3, -0.25) is 0 Å². The second-order valence-electron chi connectivity index (χ2n) is 5.41. The standard InChI is InChI=1S/C15H19F4N/c16-13-10-12(15(17,18)19)7-8-14(13)20-9-3-6-11-4-1-2-5-11/h7-8,10-11,20H,1-6,9H2. The summed E-state index contributed by atoms with van der Waals surface area (Å²) in [5, 5.41) is 2.87. The van der Waals surface area contributed by atoms with E-state index in [4.69, 9.17) is 0 Å². The van der Waals surface area contributed by atoms with E-state index in [0.717, 1.165) is 30.9 Å². The Morgan fingerprint density at radius 3 is 2.45 bits per heavy atom. The van der Waals surface area contributed by atoms with E-state index in [9.17, 15) is 17.6 Å². The fourth-order valence-corrected chi connectivity index (χ4v) is 2.75. The lowest BCUT2D eigenvalue weighted by Gasteiger charge is -2.12. The Labute approximate surface area is 116 Å². The Bertz CT molecular complexity index is 436. The Hall–Kier alpha value is -1.26. The zero-order valence-electron chi connectivity index (χ0n) is 11.3. The van der Waals surface area contributed by atoms with E-state index < -0.39 is 17.6 Å². The molecule has 1 aliphatic rings. The van der Waals surface area contributed by atoms with Gasteiger partial charge in [0.05, 0.1) is 11.3 Å². The monoisotopic (exact) mass is 289 g/mol. The Morgan fingerprint density at radius 2 is 1.85 bits per heavy atom. The Morgan fingerprint density at radius 1 is 1.15 bits per heavy atom. The molecule has 0 saturated heterocycles. The molecule has 0 atom stereocenters. The Balaban J connectivity index is 1.80. The summed E-state index contributed by atoms with van der Waals surface area (Å²) >= 11 is 0. The minimum absolute atomic E-state index is 0.143. The average Bonchev–Trinajstić information content (AvgIpc) is 2.88. The number of anilines is 1. The minimum atomic E-state index is -4.50. The molecule has 5 heteroatoms. The number of alkyl halides is 3. The third-order valence-corrected chi connectivity index (χ3v) is 3.88. The van der Waals surface area contributed by atoms with Crippen molar-refractivity contribution < 1.29 is 17.6 Å². The molecule has 0 amide bonds. The molecule has 1 saturated carbocycles. The van der Waals surface area contributed by atoms with Gasteiger partial charge < -0.3 is 5.32 Å². The third kappa shape index (κ3) is 4.12. The lowest BCUT2D eigenvalue weighted by molar-refractivity contribution is -0.137. The number of rotatable bonds is 5. The topological polar surface area (TPSA) is 12.0 Å². The van der Waals surface area contributed by atoms with Gasteiger partial charge in [-0.05, 0) is 37.0 Å². The van der Waals surface area contributed by atoms with E-state index in [0.29, 0.717) is 12.6 Å². The molecule has 0 heterocycles. The molecule has 0 unspecified atom stereocenters. The van der Waals surface area contributed by atoms with Crippen LogP contribution in [0.2, 0.25) is 0 Å². The van der Waals surface area contributed by atoms with Crippen LogP contribution < -0.4 is 5.32 Å². The van der Waals surface area contributed by atoms with Crippen LogP contribution in [0.1, 0.15) is 44.1 Å². The van der Waals surface area contributed by atoms with E-state index in [-0.39, 0.29) is 5.69 Å². The molecule has 112 valence electrons. The van der Waals surface area contributed by atoms with Crippen molar-refractivity contribution in [3.8, 4) is 0 Å². The van der Waals surface area contributed by atoms with Crippen LogP contribution in [-0.2, 0) is 6.18 Å². The molecule has 2 rings (SSSR count). The summed E-state index contributed by atoms with van der Waals surface area (Å²) in [4.78, 5) is 0. The van der Waals surface area contributed by atoms with Gasteiger partial charge in [0.2, 0.25) is 0 Å². The van der Waals surface area contributed by atoms with Gasteiger partial charge in [0.25, 0.3) is 0 Å². The first-order valence-corrected chi connectivity index (χ1v) is 7.07. The van der Waals surface area contributed by atoms with Gasteiger partial charge in [-0.1, -0.05) is 25.7 Å². The summed E-state index contributed by atoms with van der Waals surface area (Å²) in [6.07, 6.45) is 2.67. The number of benzene rings is 1. The van der Waals surface area contributed by atoms with Crippen LogP contribution in [0.4, 0.5) is 23.2 Å². The van der Waals surface area contributed by atoms with Crippen LogP contribution in [0.3, 0.4) is 0 Å². The molecular formula is C15H19F4N. The van der Waals surface area contributed by atoms with Gasteiger partial charge in [-0.25, -0.2) is 4.39 Å². The summed E-state index contributed by atoms with van der Waals surface area (Å²) in [5.41, 5.74) is -0.809. The first-order chi connectivity index (χ1) is 9.47. The van der Waals surface area contributed by atoms with Crippen LogP contribution in [-0.4, -0.2) is 6.54 Å². The van der Waals surface area contributed by atoms with Crippen LogP contribution in [0.5, 0.6) is 0 Å². The summed E-state index contributed by atoms with van der Waals surface area (Å²) in [5.74, 6) is -0.0741. The molecule has 1 aliphatic carbocycles. The van der Waals surface area contributed by atoms with Crippen LogP contribution in [0.25, 0.3) is 0 Å². The molecule has 1 aromatic carbocycles. The molecule has 1 N–H and O–H groups in total. The molecule has 1 fully saturated rings. The normalized spacial score (nSPS) is 16.6. The minimum Gasteiger partial charge on any atom is -0.383 e. The molecule has 0 aromatic heterocycles. The predicted molar refractivity (Wildman–Crippen MR) is 71.1 cm³/mol. The maximum atomic E-state index is 13.5. The summed E-state index contributed by atoms with van der Waals surface area (Å²) in [6.45, 7) is 0.596. The van der Waals surface area contributed by atoms with Crippen molar-refractivity contribution >= 4 is 5.69 Å². The van der Waals surface area contributed by atoms with Gasteiger partial charge in [0.1, 0.15) is 5.82 Å². The van der Waals surface area contributed by atoms with Crippen molar-refractivity contribution in [2.24, 2.45) is 5.92 Å². The van der Waals surface area contributed by atoms with Gasteiger partial charge in [-0.2, -0.15) is 13.2 Å². The van der Waals surface area contributed by atoms with E-state index in [2.05, 4.69) is 5.32 Å². The highest BCUT2D eigenvalue weighted by Gasteiger charge is 2.31. The largest absolute Gasteiger partial charge is 0.416 e. The van der Waals surface area contributed by atoms with Gasteiger partial charge >= 0.3 is 6.18 Å². The average molecular weight is 289 g/mol. The highest BCUT2D eigenvalue weighted by molar-refractivity contribution is 5.46. The molecule has 0 radical (unpaired) electrons. The number of hydrogen-bond donors (Lipinski definition) is 1. The van der Waals surface area contributed by atoms with E-state index >= 15 is 0 Å². The summed E-state index contributed by atoms with van der Waals surface area (Å²) in [6, 6.07) is 2.61. The summed E-state index contributed by atoms with van der Waals surface area (Å²) < 4.78 is 50.7. The maximum absolute atomic E-state index is 13.5. The third-order valence-electron chi connectivity index (χ3n) is 3.88. The molecule has 0 bridgehead atoms. The first kappa shape index (κ1) is 15.1. The Kier molecular flexibility index (Phi) is 4.89. The van der Waals surface area contributed by atoms with Crippen molar-refractivity contribution in [3.63, 3.8) is 0 Å². The fourth-order valence-electron chi connectivity index (χ4n) is 2.75. The highest BCUT2D eigenvalue weighted by atomic mass is 19.4. The molecule has 1 aromatic rings. The quantitative estimate of drug-likeness (QED) is 0.578. The van der Waals surface area contributed by atoms with Crippen molar-refractivity contribution in [1.82, 2.24) is 0 Å². The van der Waals surface area contributed by atoms with E-state index in [1.54, 1.807) is 0 Å². The van der Waals surface area contributed by atoms with Crippen molar-refractivity contribution in [1.29, 1.82) is 0 Å². The molecule has 0 spiro atoms. The molecule has 20 heavy (non-hydrogen) atoms. The predicted octanol–water partition coefficient (Wildman–Crippen LogP) is 5.23. The zero-order chi connectivity index (χ0) is 14.6. The maximum Gasteiger partial charge on any atom is 0.416 e. The zero-order valence-corrected chi connectivity index (χ0v) is 11.3. The lowest BCUT2D eigenvalue weighted by atomic mass is 10.0. The highest BCUT2D eigenvalue weighted by Crippen LogP contribution is 2.31. The molecule has 1 nitrogen and oxygen atoms in total. The van der Waals surface area contributed by atoms with Crippen LogP contribution >= 0.6 is 0 Å². The number of hydrogen-bond acceptors (Lipinski definition) is 1. The van der Waals surface area contributed by atoms with Gasteiger partial charge in [0.15, 0.2) is 0 Å². The second kappa shape index (κ2) is 6.46. The number of halogens is 4. The molecular weight excluding hydrogens is 270 g/mol. The van der Waals surface area contributed by atoms with Crippen molar-refractivity contribution in [2.45, 2.75) is 44.7 Å². The van der Waals surface area contributed by atoms with Crippen LogP contribution in [0, 0.1) is 11.7 Å².